The van der Waals surface area contributed by atoms with E-state index in [0.29, 0.717) is 12.3 Å². The number of piperidine rings is 1. The van der Waals surface area contributed by atoms with Crippen molar-refractivity contribution in [3.8, 4) is 5.75 Å². The number of imide groups is 1. The monoisotopic (exact) mass is 332 g/mol. The number of nitrogens with zero attached hydrogens (tertiary/aromatic N) is 2. The molecule has 3 rings (SSSR count). The molecule has 2 aliphatic heterocycles. The molecule has 0 bridgehead atoms. The number of hydrogen-bond donors (Lipinski definition) is 1. The lowest BCUT2D eigenvalue weighted by atomic mass is 10.0. The lowest BCUT2D eigenvalue weighted by molar-refractivity contribution is -0.129. The number of aliphatic hydroxyl groups excluding tert-OH is 1. The van der Waals surface area contributed by atoms with Gasteiger partial charge in [0, 0.05) is 6.54 Å². The Morgan fingerprint density at radius 1 is 1.29 bits per heavy atom. The summed E-state index contributed by atoms with van der Waals surface area (Å²) in [5.41, 5.74) is 2.06. The number of hydrogen-bond acceptors (Lipinski definition) is 4. The molecule has 0 aromatic heterocycles. The third-order valence-electron chi connectivity index (χ3n) is 4.70. The van der Waals surface area contributed by atoms with E-state index in [1.165, 1.54) is 4.90 Å². The second-order valence-corrected chi connectivity index (χ2v) is 6.67. The van der Waals surface area contributed by atoms with Gasteiger partial charge in [-0.25, -0.2) is 4.79 Å². The van der Waals surface area contributed by atoms with E-state index < -0.39 is 6.10 Å². The highest BCUT2D eigenvalue weighted by molar-refractivity contribution is 6.04. The Balaban J connectivity index is 1.58. The van der Waals surface area contributed by atoms with Crippen molar-refractivity contribution in [1.82, 2.24) is 9.80 Å². The Bertz CT molecular complexity index is 622. The second kappa shape index (κ2) is 6.81. The van der Waals surface area contributed by atoms with Crippen LogP contribution in [0.4, 0.5) is 4.79 Å². The largest absolute Gasteiger partial charge is 0.491 e. The van der Waals surface area contributed by atoms with E-state index in [1.807, 2.05) is 32.0 Å². The minimum Gasteiger partial charge on any atom is -0.491 e. The zero-order valence-electron chi connectivity index (χ0n) is 14.2. The summed E-state index contributed by atoms with van der Waals surface area (Å²) in [6.07, 6.45) is 1.71. The molecule has 1 aromatic carbocycles. The van der Waals surface area contributed by atoms with Gasteiger partial charge < -0.3 is 14.7 Å². The van der Waals surface area contributed by atoms with Gasteiger partial charge in [-0.2, -0.15) is 0 Å². The lowest BCUT2D eigenvalue weighted by Gasteiger charge is -2.26. The van der Waals surface area contributed by atoms with Crippen molar-refractivity contribution >= 4 is 11.9 Å². The van der Waals surface area contributed by atoms with Crippen LogP contribution >= 0.6 is 0 Å². The summed E-state index contributed by atoms with van der Waals surface area (Å²) < 4.78 is 5.67. The van der Waals surface area contributed by atoms with Gasteiger partial charge in [0.05, 0.1) is 6.54 Å². The van der Waals surface area contributed by atoms with Crippen LogP contribution in [-0.4, -0.2) is 58.7 Å². The van der Waals surface area contributed by atoms with Crippen molar-refractivity contribution < 1.29 is 19.4 Å². The topological polar surface area (TPSA) is 70.1 Å². The summed E-state index contributed by atoms with van der Waals surface area (Å²) in [4.78, 5) is 27.5. The highest BCUT2D eigenvalue weighted by Crippen LogP contribution is 2.26. The first kappa shape index (κ1) is 16.8. The number of carbonyl (C=O) groups excluding carboxylic acids is 2. The van der Waals surface area contributed by atoms with Gasteiger partial charge in [-0.1, -0.05) is 12.1 Å². The molecule has 2 aliphatic rings. The van der Waals surface area contributed by atoms with Gasteiger partial charge in [0.1, 0.15) is 24.5 Å². The molecule has 0 saturated carbocycles. The fraction of sp³-hybridized carbons (Fsp3) is 0.556. The van der Waals surface area contributed by atoms with E-state index in [0.717, 1.165) is 30.4 Å². The van der Waals surface area contributed by atoms with Crippen molar-refractivity contribution in [3.05, 3.63) is 29.3 Å². The molecule has 24 heavy (non-hydrogen) atoms. The molecule has 2 atom stereocenters. The van der Waals surface area contributed by atoms with Gasteiger partial charge >= 0.3 is 6.03 Å². The summed E-state index contributed by atoms with van der Waals surface area (Å²) >= 11 is 0. The molecular weight excluding hydrogens is 308 g/mol. The fourth-order valence-electron chi connectivity index (χ4n) is 3.33. The van der Waals surface area contributed by atoms with E-state index >= 15 is 0 Å². The number of fused-ring (bicyclic) bond motifs is 1. The molecule has 2 fully saturated rings. The summed E-state index contributed by atoms with van der Waals surface area (Å²) in [5, 5.41) is 10.2. The number of carbonyl (C=O) groups is 2. The summed E-state index contributed by atoms with van der Waals surface area (Å²) in [6.45, 7) is 4.56. The third kappa shape index (κ3) is 3.24. The maximum atomic E-state index is 12.4. The number of amides is 3. The van der Waals surface area contributed by atoms with Crippen molar-refractivity contribution in [2.75, 3.05) is 19.7 Å². The quantitative estimate of drug-likeness (QED) is 0.836. The van der Waals surface area contributed by atoms with Crippen molar-refractivity contribution in [2.24, 2.45) is 0 Å². The fourth-order valence-corrected chi connectivity index (χ4v) is 3.33. The van der Waals surface area contributed by atoms with Crippen molar-refractivity contribution in [2.45, 2.75) is 45.3 Å². The molecular formula is C18H24N2O4. The minimum absolute atomic E-state index is 0.0183. The van der Waals surface area contributed by atoms with Crippen LogP contribution in [0.3, 0.4) is 0 Å². The van der Waals surface area contributed by atoms with Gasteiger partial charge in [-0.05, 0) is 50.3 Å². The first-order valence-electron chi connectivity index (χ1n) is 8.47. The summed E-state index contributed by atoms with van der Waals surface area (Å²) in [6, 6.07) is 5.25. The number of aryl methyl sites for hydroxylation is 2. The standard InChI is InChI=1S/C18H24N2O4/c1-12-6-7-13(2)16(9-12)24-11-14(21)10-20-17(22)15-5-3-4-8-19(15)18(20)23/h6-7,9,14-15,21H,3-5,8,10-11H2,1-2H3/t14-,15+/m0/s1. The van der Waals surface area contributed by atoms with Crippen LogP contribution in [-0.2, 0) is 4.79 Å². The maximum absolute atomic E-state index is 12.4. The van der Waals surface area contributed by atoms with Gasteiger partial charge in [-0.3, -0.25) is 9.69 Å². The molecule has 1 N–H and O–H groups in total. The number of aliphatic hydroxyl groups is 1. The summed E-state index contributed by atoms with van der Waals surface area (Å²) in [7, 11) is 0. The Labute approximate surface area is 142 Å². The summed E-state index contributed by atoms with van der Waals surface area (Å²) in [5.74, 6) is 0.524. The maximum Gasteiger partial charge on any atom is 0.327 e. The molecule has 2 saturated heterocycles. The van der Waals surface area contributed by atoms with E-state index in [1.54, 1.807) is 4.90 Å². The first-order chi connectivity index (χ1) is 11.5. The Morgan fingerprint density at radius 2 is 2.08 bits per heavy atom. The number of urea groups is 1. The van der Waals surface area contributed by atoms with E-state index in [9.17, 15) is 14.7 Å². The van der Waals surface area contributed by atoms with E-state index in [2.05, 4.69) is 0 Å². The molecule has 0 unspecified atom stereocenters. The van der Waals surface area contributed by atoms with Crippen LogP contribution in [0.25, 0.3) is 0 Å². The highest BCUT2D eigenvalue weighted by Gasteiger charge is 2.46. The van der Waals surface area contributed by atoms with Crippen LogP contribution in [0.1, 0.15) is 30.4 Å². The Morgan fingerprint density at radius 3 is 2.83 bits per heavy atom. The number of β-amino-alcohol motifs (C(OH)–C–C–N with tert-alkyl or cyclic N) is 1. The molecule has 1 aromatic rings. The van der Waals surface area contributed by atoms with Gasteiger partial charge in [0.25, 0.3) is 5.91 Å². The predicted molar refractivity (Wildman–Crippen MR) is 88.9 cm³/mol. The highest BCUT2D eigenvalue weighted by atomic mass is 16.5. The van der Waals surface area contributed by atoms with Gasteiger partial charge in [0.15, 0.2) is 0 Å². The molecule has 0 radical (unpaired) electrons. The average molecular weight is 332 g/mol. The van der Waals surface area contributed by atoms with Crippen LogP contribution in [0, 0.1) is 13.8 Å². The van der Waals surface area contributed by atoms with Crippen LogP contribution in [0.2, 0.25) is 0 Å². The smallest absolute Gasteiger partial charge is 0.327 e. The number of ether oxygens (including phenoxy) is 1. The average Bonchev–Trinajstić information content (AvgIpc) is 2.81. The predicted octanol–water partition coefficient (Wildman–Crippen LogP) is 1.86. The second-order valence-electron chi connectivity index (χ2n) is 6.67. The normalized spacial score (nSPS) is 21.9. The zero-order chi connectivity index (χ0) is 17.3. The molecule has 0 aliphatic carbocycles. The Kier molecular flexibility index (Phi) is 4.76. The lowest BCUT2D eigenvalue weighted by Crippen LogP contribution is -2.40. The van der Waals surface area contributed by atoms with Crippen LogP contribution in [0.5, 0.6) is 5.75 Å². The molecule has 6 heteroatoms. The van der Waals surface area contributed by atoms with Crippen LogP contribution in [0.15, 0.2) is 18.2 Å². The molecule has 3 amide bonds. The van der Waals surface area contributed by atoms with E-state index in [-0.39, 0.29) is 31.1 Å². The first-order valence-corrected chi connectivity index (χ1v) is 8.47. The molecule has 0 spiro atoms. The van der Waals surface area contributed by atoms with Crippen molar-refractivity contribution in [1.29, 1.82) is 0 Å². The van der Waals surface area contributed by atoms with Gasteiger partial charge in [-0.15, -0.1) is 0 Å². The Hall–Kier alpha value is -2.08. The number of rotatable bonds is 5. The molecule has 6 nitrogen and oxygen atoms in total. The molecule has 2 heterocycles. The molecule has 130 valence electrons. The van der Waals surface area contributed by atoms with Gasteiger partial charge in [0.2, 0.25) is 0 Å². The minimum atomic E-state index is -0.904. The SMILES string of the molecule is Cc1ccc(C)c(OC[C@@H](O)CN2C(=O)[C@H]3CCCCN3C2=O)c1. The number of benzene rings is 1. The van der Waals surface area contributed by atoms with E-state index in [4.69, 9.17) is 4.74 Å². The third-order valence-corrected chi connectivity index (χ3v) is 4.70. The van der Waals surface area contributed by atoms with Crippen LogP contribution < -0.4 is 4.74 Å². The van der Waals surface area contributed by atoms with Crippen molar-refractivity contribution in [3.63, 3.8) is 0 Å². The zero-order valence-corrected chi connectivity index (χ0v) is 14.2.